The fraction of sp³-hybridized carbons (Fsp3) is 0.200. The van der Waals surface area contributed by atoms with Crippen LogP contribution in [0, 0.1) is 0 Å². The van der Waals surface area contributed by atoms with Gasteiger partial charge in [-0.2, -0.15) is 0 Å². The number of nitrogens with zero attached hydrogens (tertiary/aromatic N) is 5. The zero-order valence-corrected chi connectivity index (χ0v) is 16.0. The monoisotopic (exact) mass is 392 g/mol. The van der Waals surface area contributed by atoms with Gasteiger partial charge in [-0.3, -0.25) is 4.79 Å². The molecule has 1 N–H and O–H groups in total. The molecule has 1 amide bonds. The summed E-state index contributed by atoms with van der Waals surface area (Å²) < 4.78 is 0. The summed E-state index contributed by atoms with van der Waals surface area (Å²) in [4.78, 5) is 30.6. The van der Waals surface area contributed by atoms with E-state index in [4.69, 9.17) is 0 Å². The van der Waals surface area contributed by atoms with Gasteiger partial charge in [-0.25, -0.2) is 15.0 Å². The molecule has 8 heteroatoms. The first-order valence-corrected chi connectivity index (χ1v) is 9.91. The lowest BCUT2D eigenvalue weighted by Gasteiger charge is -2.35. The molecule has 7 nitrogen and oxygen atoms in total. The molecule has 3 aromatic heterocycles. The predicted molar refractivity (Wildman–Crippen MR) is 113 cm³/mol. The van der Waals surface area contributed by atoms with E-state index in [1.54, 1.807) is 29.8 Å². The summed E-state index contributed by atoms with van der Waals surface area (Å²) in [5.74, 6) is 1.47. The Balaban J connectivity index is 1.30. The van der Waals surface area contributed by atoms with E-state index in [1.165, 1.54) is 6.08 Å². The van der Waals surface area contributed by atoms with E-state index in [9.17, 15) is 4.79 Å². The second kappa shape index (κ2) is 8.62. The third kappa shape index (κ3) is 4.52. The maximum Gasteiger partial charge on any atom is 0.248 e. The van der Waals surface area contributed by atoms with E-state index >= 15 is 0 Å². The van der Waals surface area contributed by atoms with Gasteiger partial charge in [0.25, 0.3) is 0 Å². The summed E-state index contributed by atoms with van der Waals surface area (Å²) in [7, 11) is 0. The van der Waals surface area contributed by atoms with Gasteiger partial charge in [0.05, 0.1) is 18.1 Å². The molecule has 3 aromatic rings. The van der Waals surface area contributed by atoms with Crippen LogP contribution in [-0.2, 0) is 4.79 Å². The minimum atomic E-state index is -0.200. The Morgan fingerprint density at radius 1 is 1.00 bits per heavy atom. The number of anilines is 3. The summed E-state index contributed by atoms with van der Waals surface area (Å²) in [6.45, 7) is 3.39. The van der Waals surface area contributed by atoms with Crippen molar-refractivity contribution in [3.8, 4) is 0 Å². The number of aromatic nitrogens is 3. The Morgan fingerprint density at radius 3 is 2.46 bits per heavy atom. The van der Waals surface area contributed by atoms with Crippen molar-refractivity contribution in [1.29, 1.82) is 0 Å². The molecule has 4 rings (SSSR count). The molecule has 1 aliphatic heterocycles. The fourth-order valence-electron chi connectivity index (χ4n) is 2.95. The highest BCUT2D eigenvalue weighted by atomic mass is 32.1. The third-order valence-electron chi connectivity index (χ3n) is 4.38. The molecule has 0 saturated carbocycles. The highest BCUT2D eigenvalue weighted by Crippen LogP contribution is 2.17. The normalized spacial score (nSPS) is 14.4. The molecule has 0 radical (unpaired) electrons. The van der Waals surface area contributed by atoms with Gasteiger partial charge < -0.3 is 15.1 Å². The quantitative estimate of drug-likeness (QED) is 0.673. The van der Waals surface area contributed by atoms with Crippen LogP contribution in [0.2, 0.25) is 0 Å². The number of hydrogen-bond acceptors (Lipinski definition) is 7. The molecule has 0 bridgehead atoms. The number of nitrogens with one attached hydrogen (secondary N) is 1. The SMILES string of the molecule is O=C(/C=C/c1cccs1)Nc1cnc(N2CCN(c3ccccn3)CC2)nc1. The van der Waals surface area contributed by atoms with Gasteiger partial charge in [0.2, 0.25) is 11.9 Å². The molecule has 142 valence electrons. The van der Waals surface area contributed by atoms with Crippen molar-refractivity contribution in [2.75, 3.05) is 41.3 Å². The molecule has 28 heavy (non-hydrogen) atoms. The van der Waals surface area contributed by atoms with E-state index in [-0.39, 0.29) is 5.91 Å². The van der Waals surface area contributed by atoms with E-state index < -0.39 is 0 Å². The van der Waals surface area contributed by atoms with Crippen LogP contribution in [0.5, 0.6) is 0 Å². The molecular formula is C20H20N6OS. The second-order valence-electron chi connectivity index (χ2n) is 6.27. The van der Waals surface area contributed by atoms with Crippen molar-refractivity contribution in [2.45, 2.75) is 0 Å². The molecule has 1 fully saturated rings. The van der Waals surface area contributed by atoms with Gasteiger partial charge in [0, 0.05) is 43.3 Å². The van der Waals surface area contributed by atoms with Crippen molar-refractivity contribution >= 4 is 40.8 Å². The van der Waals surface area contributed by atoms with Gasteiger partial charge >= 0.3 is 0 Å². The third-order valence-corrected chi connectivity index (χ3v) is 5.22. The largest absolute Gasteiger partial charge is 0.353 e. The van der Waals surface area contributed by atoms with Crippen molar-refractivity contribution in [2.24, 2.45) is 0 Å². The Labute approximate surface area is 167 Å². The van der Waals surface area contributed by atoms with Crippen LogP contribution in [0.1, 0.15) is 4.88 Å². The first kappa shape index (κ1) is 18.1. The number of piperazine rings is 1. The average Bonchev–Trinajstić information content (AvgIpc) is 3.27. The molecule has 0 spiro atoms. The van der Waals surface area contributed by atoms with Crippen LogP contribution >= 0.6 is 11.3 Å². The van der Waals surface area contributed by atoms with Crippen LogP contribution < -0.4 is 15.1 Å². The van der Waals surface area contributed by atoms with Crippen molar-refractivity contribution in [3.63, 3.8) is 0 Å². The topological polar surface area (TPSA) is 74.2 Å². The van der Waals surface area contributed by atoms with Crippen LogP contribution in [0.4, 0.5) is 17.5 Å². The molecular weight excluding hydrogens is 372 g/mol. The van der Waals surface area contributed by atoms with Gasteiger partial charge in [-0.05, 0) is 29.7 Å². The number of hydrogen-bond donors (Lipinski definition) is 1. The fourth-order valence-corrected chi connectivity index (χ4v) is 3.57. The standard InChI is InChI=1S/C20H20N6OS/c27-19(7-6-17-4-3-13-28-17)24-16-14-22-20(23-15-16)26-11-9-25(10-12-26)18-5-1-2-8-21-18/h1-8,13-15H,9-12H2,(H,24,27)/b7-6+. The van der Waals surface area contributed by atoms with Crippen LogP contribution in [0.15, 0.2) is 60.4 Å². The van der Waals surface area contributed by atoms with Crippen LogP contribution in [-0.4, -0.2) is 47.0 Å². The summed E-state index contributed by atoms with van der Waals surface area (Å²) in [5, 5.41) is 4.75. The maximum absolute atomic E-state index is 12.0. The highest BCUT2D eigenvalue weighted by Gasteiger charge is 2.19. The molecule has 0 aliphatic carbocycles. The first-order valence-electron chi connectivity index (χ1n) is 9.03. The van der Waals surface area contributed by atoms with Gasteiger partial charge in [-0.15, -0.1) is 11.3 Å². The van der Waals surface area contributed by atoms with Gasteiger partial charge in [0.1, 0.15) is 5.82 Å². The minimum Gasteiger partial charge on any atom is -0.353 e. The maximum atomic E-state index is 12.0. The number of thiophene rings is 1. The van der Waals surface area contributed by atoms with E-state index in [2.05, 4.69) is 30.1 Å². The average molecular weight is 392 g/mol. The smallest absolute Gasteiger partial charge is 0.248 e. The van der Waals surface area contributed by atoms with Crippen molar-refractivity contribution in [1.82, 2.24) is 15.0 Å². The molecule has 0 unspecified atom stereocenters. The predicted octanol–water partition coefficient (Wildman–Crippen LogP) is 2.91. The molecule has 4 heterocycles. The number of carbonyl (C=O) groups is 1. The highest BCUT2D eigenvalue weighted by molar-refractivity contribution is 7.10. The zero-order chi connectivity index (χ0) is 19.2. The number of carbonyl (C=O) groups excluding carboxylic acids is 1. The summed E-state index contributed by atoms with van der Waals surface area (Å²) in [5.41, 5.74) is 0.580. The minimum absolute atomic E-state index is 0.200. The lowest BCUT2D eigenvalue weighted by atomic mass is 10.3. The second-order valence-corrected chi connectivity index (χ2v) is 7.25. The van der Waals surface area contributed by atoms with Gasteiger partial charge in [0.15, 0.2) is 0 Å². The molecule has 1 saturated heterocycles. The lowest BCUT2D eigenvalue weighted by molar-refractivity contribution is -0.111. The van der Waals surface area contributed by atoms with E-state index in [1.807, 2.05) is 41.9 Å². The Morgan fingerprint density at radius 2 is 1.79 bits per heavy atom. The molecule has 0 atom stereocenters. The summed E-state index contributed by atoms with van der Waals surface area (Å²) >= 11 is 1.58. The van der Waals surface area contributed by atoms with Crippen molar-refractivity contribution in [3.05, 3.63) is 65.3 Å². The lowest BCUT2D eigenvalue weighted by Crippen LogP contribution is -2.47. The Kier molecular flexibility index (Phi) is 5.58. The first-order chi connectivity index (χ1) is 13.8. The summed E-state index contributed by atoms with van der Waals surface area (Å²) in [6.07, 6.45) is 8.40. The number of amides is 1. The zero-order valence-electron chi connectivity index (χ0n) is 15.2. The van der Waals surface area contributed by atoms with E-state index in [0.717, 1.165) is 36.9 Å². The summed E-state index contributed by atoms with van der Waals surface area (Å²) in [6, 6.07) is 9.86. The van der Waals surface area contributed by atoms with Crippen LogP contribution in [0.3, 0.4) is 0 Å². The van der Waals surface area contributed by atoms with Crippen LogP contribution in [0.25, 0.3) is 6.08 Å². The van der Waals surface area contributed by atoms with Crippen molar-refractivity contribution < 1.29 is 4.79 Å². The molecule has 1 aliphatic rings. The molecule has 0 aromatic carbocycles. The van der Waals surface area contributed by atoms with E-state index in [0.29, 0.717) is 11.6 Å². The Bertz CT molecular complexity index is 919. The Hall–Kier alpha value is -3.26. The number of rotatable bonds is 5. The number of pyridine rings is 1. The van der Waals surface area contributed by atoms with Gasteiger partial charge in [-0.1, -0.05) is 12.1 Å².